The monoisotopic (exact) mass is 435 g/mol. The maximum atomic E-state index is 13.1. The van der Waals surface area contributed by atoms with Crippen LogP contribution in [0.15, 0.2) is 29.2 Å². The summed E-state index contributed by atoms with van der Waals surface area (Å²) in [5.74, 6) is -0.487. The molecule has 0 aromatic heterocycles. The molecule has 158 valence electrons. The van der Waals surface area contributed by atoms with E-state index in [2.05, 4.69) is 0 Å². The molecule has 0 saturated carbocycles. The van der Waals surface area contributed by atoms with Crippen molar-refractivity contribution in [2.45, 2.75) is 24.2 Å². The number of benzene rings is 1. The van der Waals surface area contributed by atoms with Crippen molar-refractivity contribution in [1.29, 1.82) is 0 Å². The van der Waals surface area contributed by atoms with Gasteiger partial charge in [-0.3, -0.25) is 4.79 Å². The van der Waals surface area contributed by atoms with Gasteiger partial charge in [0, 0.05) is 45.9 Å². The van der Waals surface area contributed by atoms with Gasteiger partial charge in [0.25, 0.3) is 0 Å². The first kappa shape index (κ1) is 23.0. The maximum Gasteiger partial charge on any atom is 0.243 e. The van der Waals surface area contributed by atoms with E-state index in [4.69, 9.17) is 10.5 Å². The van der Waals surface area contributed by atoms with Gasteiger partial charge in [0.15, 0.2) is 0 Å². The topological polar surface area (TPSA) is 92.9 Å². The second-order valence-corrected chi connectivity index (χ2v) is 9.04. The molecule has 2 fully saturated rings. The summed E-state index contributed by atoms with van der Waals surface area (Å²) < 4.78 is 45.5. The minimum absolute atomic E-state index is 0. The van der Waals surface area contributed by atoms with E-state index in [0.29, 0.717) is 52.1 Å². The highest BCUT2D eigenvalue weighted by atomic mass is 35.5. The Morgan fingerprint density at radius 3 is 2.36 bits per heavy atom. The van der Waals surface area contributed by atoms with Crippen LogP contribution in [0.4, 0.5) is 4.39 Å². The van der Waals surface area contributed by atoms with Crippen LogP contribution >= 0.6 is 12.4 Å². The minimum atomic E-state index is -3.71. The van der Waals surface area contributed by atoms with Crippen molar-refractivity contribution in [3.05, 3.63) is 30.1 Å². The highest BCUT2D eigenvalue weighted by Crippen LogP contribution is 2.32. The second-order valence-electron chi connectivity index (χ2n) is 7.10. The van der Waals surface area contributed by atoms with Crippen molar-refractivity contribution in [3.8, 4) is 0 Å². The molecule has 2 aliphatic heterocycles. The minimum Gasteiger partial charge on any atom is -0.381 e. The summed E-state index contributed by atoms with van der Waals surface area (Å²) in [6, 6.07) is 4.81. The zero-order valence-electron chi connectivity index (χ0n) is 15.7. The van der Waals surface area contributed by atoms with Gasteiger partial charge >= 0.3 is 0 Å². The third-order valence-corrected chi connectivity index (χ3v) is 7.40. The van der Waals surface area contributed by atoms with Crippen molar-refractivity contribution in [3.63, 3.8) is 0 Å². The molecule has 0 atom stereocenters. The maximum absolute atomic E-state index is 13.1. The van der Waals surface area contributed by atoms with E-state index in [1.54, 1.807) is 4.90 Å². The number of hydrogen-bond acceptors (Lipinski definition) is 5. The van der Waals surface area contributed by atoms with Gasteiger partial charge in [0.2, 0.25) is 15.9 Å². The number of halogens is 2. The Morgan fingerprint density at radius 1 is 1.11 bits per heavy atom. The molecule has 0 bridgehead atoms. The smallest absolute Gasteiger partial charge is 0.243 e. The number of rotatable bonds is 4. The molecule has 2 N–H and O–H groups in total. The molecule has 0 aliphatic carbocycles. The van der Waals surface area contributed by atoms with Gasteiger partial charge in [-0.1, -0.05) is 0 Å². The Hall–Kier alpha value is -1.26. The Kier molecular flexibility index (Phi) is 7.81. The van der Waals surface area contributed by atoms with Crippen molar-refractivity contribution in [2.24, 2.45) is 11.1 Å². The molecule has 1 amide bonds. The Morgan fingerprint density at radius 2 is 1.75 bits per heavy atom. The van der Waals surface area contributed by atoms with Crippen molar-refractivity contribution in [2.75, 3.05) is 45.9 Å². The van der Waals surface area contributed by atoms with Crippen molar-refractivity contribution >= 4 is 28.3 Å². The van der Waals surface area contributed by atoms with Crippen LogP contribution in [0.1, 0.15) is 19.3 Å². The lowest BCUT2D eigenvalue weighted by Gasteiger charge is -2.38. The number of carbonyl (C=O) groups is 1. The van der Waals surface area contributed by atoms with Gasteiger partial charge in [-0.2, -0.15) is 4.31 Å². The van der Waals surface area contributed by atoms with E-state index in [0.717, 1.165) is 12.1 Å². The van der Waals surface area contributed by atoms with Gasteiger partial charge in [0.1, 0.15) is 5.82 Å². The van der Waals surface area contributed by atoms with Gasteiger partial charge in [-0.05, 0) is 43.5 Å². The fourth-order valence-electron chi connectivity index (χ4n) is 3.70. The molecule has 1 aromatic carbocycles. The highest BCUT2D eigenvalue weighted by molar-refractivity contribution is 7.89. The van der Waals surface area contributed by atoms with Gasteiger partial charge in [-0.15, -0.1) is 12.4 Å². The summed E-state index contributed by atoms with van der Waals surface area (Å²) >= 11 is 0. The number of nitrogens with zero attached hydrogens (tertiary/aromatic N) is 2. The van der Waals surface area contributed by atoms with Crippen molar-refractivity contribution < 1.29 is 22.3 Å². The molecular formula is C18H27ClFN3O4S. The van der Waals surface area contributed by atoms with Crippen LogP contribution in [0.25, 0.3) is 0 Å². The van der Waals surface area contributed by atoms with E-state index in [9.17, 15) is 17.6 Å². The average molecular weight is 436 g/mol. The molecule has 1 aromatic rings. The number of hydrogen-bond donors (Lipinski definition) is 1. The predicted octanol–water partition coefficient (Wildman–Crippen LogP) is 1.23. The zero-order valence-corrected chi connectivity index (χ0v) is 17.3. The van der Waals surface area contributed by atoms with Crippen LogP contribution < -0.4 is 5.73 Å². The molecule has 2 aliphatic rings. The summed E-state index contributed by atoms with van der Waals surface area (Å²) in [5, 5.41) is 0. The standard InChI is InChI=1S/C18H26FN3O4S.ClH/c19-15-2-4-16(5-3-15)27(24,25)22-9-1-8-21(10-11-22)17(23)18(14-20)6-12-26-13-7-18;/h2-5H,1,6-14,20H2;1H. The first-order valence-electron chi connectivity index (χ1n) is 9.22. The van der Waals surface area contributed by atoms with Crippen LogP contribution in [0.5, 0.6) is 0 Å². The number of nitrogens with two attached hydrogens (primary N) is 1. The summed E-state index contributed by atoms with van der Waals surface area (Å²) in [4.78, 5) is 14.9. The normalized spacial score (nSPS) is 20.9. The first-order valence-corrected chi connectivity index (χ1v) is 10.7. The Balaban J connectivity index is 0.00000280. The van der Waals surface area contributed by atoms with Gasteiger partial charge < -0.3 is 15.4 Å². The lowest BCUT2D eigenvalue weighted by atomic mass is 9.79. The third kappa shape index (κ3) is 4.65. The van der Waals surface area contributed by atoms with E-state index >= 15 is 0 Å². The highest BCUT2D eigenvalue weighted by Gasteiger charge is 2.42. The number of sulfonamides is 1. The Bertz CT molecular complexity index is 770. The van der Waals surface area contributed by atoms with Crippen LogP contribution in [-0.4, -0.2) is 69.5 Å². The van der Waals surface area contributed by atoms with Crippen LogP contribution in [-0.2, 0) is 19.6 Å². The number of ether oxygens (including phenoxy) is 1. The van der Waals surface area contributed by atoms with Crippen LogP contribution in [0.3, 0.4) is 0 Å². The summed E-state index contributed by atoms with van der Waals surface area (Å²) in [5.41, 5.74) is 5.32. The molecule has 10 heteroatoms. The molecule has 0 unspecified atom stereocenters. The molecule has 7 nitrogen and oxygen atoms in total. The quantitative estimate of drug-likeness (QED) is 0.767. The van der Waals surface area contributed by atoms with E-state index in [-0.39, 0.29) is 36.3 Å². The molecule has 3 rings (SSSR count). The van der Waals surface area contributed by atoms with Crippen LogP contribution in [0.2, 0.25) is 0 Å². The summed E-state index contributed by atoms with van der Waals surface area (Å²) in [7, 11) is -3.71. The largest absolute Gasteiger partial charge is 0.381 e. The number of carbonyl (C=O) groups excluding carboxylic acids is 1. The SMILES string of the molecule is Cl.NCC1(C(=O)N2CCCN(S(=O)(=O)c3ccc(F)cc3)CC2)CCOCC1. The van der Waals surface area contributed by atoms with E-state index in [1.165, 1.54) is 16.4 Å². The first-order chi connectivity index (χ1) is 12.9. The van der Waals surface area contributed by atoms with Crippen LogP contribution in [0, 0.1) is 11.2 Å². The lowest BCUT2D eigenvalue weighted by Crippen LogP contribution is -2.51. The number of amides is 1. The predicted molar refractivity (Wildman–Crippen MR) is 105 cm³/mol. The summed E-state index contributed by atoms with van der Waals surface area (Å²) in [6.07, 6.45) is 1.73. The lowest BCUT2D eigenvalue weighted by molar-refractivity contribution is -0.147. The zero-order chi connectivity index (χ0) is 19.5. The molecule has 28 heavy (non-hydrogen) atoms. The van der Waals surface area contributed by atoms with Gasteiger partial charge in [-0.25, -0.2) is 12.8 Å². The van der Waals surface area contributed by atoms with Gasteiger partial charge in [0.05, 0.1) is 10.3 Å². The average Bonchev–Trinajstić information content (AvgIpc) is 2.95. The summed E-state index contributed by atoms with van der Waals surface area (Å²) in [6.45, 7) is 2.65. The second kappa shape index (κ2) is 9.49. The van der Waals surface area contributed by atoms with E-state index in [1.807, 2.05) is 0 Å². The molecule has 2 heterocycles. The van der Waals surface area contributed by atoms with E-state index < -0.39 is 21.3 Å². The molecular weight excluding hydrogens is 409 g/mol. The Labute approximate surface area is 171 Å². The molecule has 2 saturated heterocycles. The van der Waals surface area contributed by atoms with Crippen molar-refractivity contribution in [1.82, 2.24) is 9.21 Å². The molecule has 0 radical (unpaired) electrons. The fraction of sp³-hybridized carbons (Fsp3) is 0.611. The molecule has 0 spiro atoms. The fourth-order valence-corrected chi connectivity index (χ4v) is 5.17. The third-order valence-electron chi connectivity index (χ3n) is 5.49.